The van der Waals surface area contributed by atoms with Gasteiger partial charge in [-0.25, -0.2) is 22.8 Å². The number of nitrogens with zero attached hydrogens (tertiary/aromatic N) is 9. The Hall–Kier alpha value is -7.08. The Balaban J connectivity index is 0.627. The van der Waals surface area contributed by atoms with E-state index in [1.165, 1.54) is 21.3 Å². The third-order valence-corrected chi connectivity index (χ3v) is 18.6. The predicted octanol–water partition coefficient (Wildman–Crippen LogP) is 6.92. The van der Waals surface area contributed by atoms with Crippen LogP contribution in [0.1, 0.15) is 100 Å². The first-order valence-electron chi connectivity index (χ1n) is 28.2. The fraction of sp³-hybridized carbons (Fsp3) is 0.508. The van der Waals surface area contributed by atoms with Crippen molar-refractivity contribution in [1.29, 1.82) is 0 Å². The number of hydrogen-bond donors (Lipinski definition) is 2. The highest BCUT2D eigenvalue weighted by Gasteiger charge is 2.50. The predicted molar refractivity (Wildman–Crippen MR) is 290 cm³/mol. The highest BCUT2D eigenvalue weighted by molar-refractivity contribution is 6.02. The number of ether oxygens (including phenoxy) is 2. The molecule has 2 N–H and O–H groups in total. The van der Waals surface area contributed by atoms with Gasteiger partial charge in [-0.05, 0) is 125 Å². The van der Waals surface area contributed by atoms with E-state index in [1.807, 2.05) is 11.0 Å². The van der Waals surface area contributed by atoms with Crippen LogP contribution < -0.4 is 26.0 Å². The summed E-state index contributed by atoms with van der Waals surface area (Å²) in [5, 5.41) is 7.51. The summed E-state index contributed by atoms with van der Waals surface area (Å²) in [7, 11) is 1.63. The minimum Gasteiger partial charge on any atom is -0.461 e. The lowest BCUT2D eigenvalue weighted by molar-refractivity contribution is -0.135. The van der Waals surface area contributed by atoms with Gasteiger partial charge in [-0.15, -0.1) is 6.42 Å². The molecule has 79 heavy (non-hydrogen) atoms. The van der Waals surface area contributed by atoms with E-state index in [1.54, 1.807) is 37.5 Å². The zero-order valence-electron chi connectivity index (χ0n) is 44.3. The molecule has 6 aromatic rings. The number of piperazine rings is 1. The van der Waals surface area contributed by atoms with Crippen LogP contribution in [-0.4, -0.2) is 146 Å². The summed E-state index contributed by atoms with van der Waals surface area (Å²) in [5.41, 5.74) is 1.22. The monoisotopic (exact) mass is 1080 g/mol. The van der Waals surface area contributed by atoms with Crippen molar-refractivity contribution < 1.29 is 37.0 Å². The number of benzene rings is 3. The van der Waals surface area contributed by atoms with Gasteiger partial charge in [-0.3, -0.25) is 33.9 Å². The molecule has 7 aliphatic rings. The quantitative estimate of drug-likeness (QED) is 0.101. The van der Waals surface area contributed by atoms with E-state index in [-0.39, 0.29) is 90.4 Å². The lowest BCUT2D eigenvalue weighted by Crippen LogP contribution is -2.51. The molecular formula is C59H64F3N11O6. The number of nitrogens with one attached hydrogen (secondary N) is 2. The molecule has 10 heterocycles. The number of amides is 3. The number of terminal acetylenes is 1. The van der Waals surface area contributed by atoms with Gasteiger partial charge in [-0.2, -0.15) is 9.97 Å². The van der Waals surface area contributed by atoms with Crippen LogP contribution in [0.2, 0.25) is 0 Å². The molecule has 1 unspecified atom stereocenters. The van der Waals surface area contributed by atoms with Crippen molar-refractivity contribution in [3.05, 3.63) is 87.7 Å². The molecule has 5 atom stereocenters. The molecule has 3 amide bonds. The molecule has 0 spiro atoms. The highest BCUT2D eigenvalue weighted by atomic mass is 19.1. The van der Waals surface area contributed by atoms with Crippen LogP contribution in [0.4, 0.5) is 23.8 Å². The number of hydrogen-bond acceptors (Lipinski definition) is 13. The lowest BCUT2D eigenvalue weighted by Gasteiger charge is -2.38. The molecular weight excluding hydrogens is 1020 g/mol. The molecule has 0 saturated carbocycles. The number of likely N-dealkylation sites (tertiary alicyclic amines) is 2. The van der Waals surface area contributed by atoms with Crippen LogP contribution in [0.5, 0.6) is 6.01 Å². The standard InChI is InChI=1S/C59H64F3N11O6/c1-3-40-44(60)11-8-36-6-4-7-41(50(36)40)52-51(62)53-43(28-63-52)54(71-30-37-9-10-38(31-71)64-37)67-56(66-53)79-33-59-19-5-21-72(59)39(14-20-59)32-78-58(77)70-24-15-34(16-25-70)29-69-22-17-35(18-23-69)42-26-47-48(27-45(42)61)73(57(76)68(47)2)46-12-13-49(74)65-55(46)75/h1,4,6-8,11,26-28,34-35,37-39,46,64H,5,9-10,12-25,29-33H2,2H3,(H,65,74,75)/t37-,38+,39-,46?,59+/m0/s1. The fourth-order valence-corrected chi connectivity index (χ4v) is 14.5. The van der Waals surface area contributed by atoms with Crippen LogP contribution in [0.3, 0.4) is 0 Å². The largest absolute Gasteiger partial charge is 0.461 e. The Labute approximate surface area is 454 Å². The number of piperidine rings is 3. The number of carbonyl (C=O) groups is 3. The minimum absolute atomic E-state index is 0.00829. The second-order valence-corrected chi connectivity index (χ2v) is 23.2. The number of halogens is 3. The molecule has 7 fully saturated rings. The maximum Gasteiger partial charge on any atom is 0.409 e. The number of fused-ring (bicyclic) bond motifs is 6. The molecule has 412 valence electrons. The number of rotatable bonds is 11. The Bertz CT molecular complexity index is 3540. The maximum atomic E-state index is 17.2. The van der Waals surface area contributed by atoms with Crippen LogP contribution in [0.25, 0.3) is 44.0 Å². The normalized spacial score (nSPS) is 25.2. The van der Waals surface area contributed by atoms with Crippen LogP contribution in [0.15, 0.2) is 53.5 Å². The number of aromatic nitrogens is 5. The third kappa shape index (κ3) is 9.24. The van der Waals surface area contributed by atoms with E-state index in [4.69, 9.17) is 25.9 Å². The number of imide groups is 1. The molecule has 0 aliphatic carbocycles. The van der Waals surface area contributed by atoms with E-state index in [9.17, 15) is 19.2 Å². The van der Waals surface area contributed by atoms with Crippen LogP contribution in [0, 0.1) is 35.7 Å². The molecule has 7 aliphatic heterocycles. The first-order chi connectivity index (χ1) is 38.3. The minimum atomic E-state index is -0.875. The van der Waals surface area contributed by atoms with Gasteiger partial charge >= 0.3 is 17.8 Å². The zero-order valence-corrected chi connectivity index (χ0v) is 44.3. The Morgan fingerprint density at radius 2 is 1.68 bits per heavy atom. The number of anilines is 1. The lowest BCUT2D eigenvalue weighted by atomic mass is 9.87. The second kappa shape index (κ2) is 20.5. The summed E-state index contributed by atoms with van der Waals surface area (Å²) < 4.78 is 63.6. The Kier molecular flexibility index (Phi) is 13.4. The number of aryl methyl sites for hydroxylation is 1. The SMILES string of the molecule is C#Cc1c(F)ccc2cccc(-c3ncc4c(N5C[C@H]6CC[C@@H](C5)N6)nc(OC[C@]56CCCN5[C@H](COC(=O)N5CCC(CN7CCC(c8cc9c(cc8F)n(C8CCC(=O)NC8=O)c(=O)n9C)CC7)CC5)CC6)nc4c3F)c12. The van der Waals surface area contributed by atoms with E-state index in [2.05, 4.69) is 36.2 Å². The van der Waals surface area contributed by atoms with Crippen LogP contribution >= 0.6 is 0 Å². The summed E-state index contributed by atoms with van der Waals surface area (Å²) in [6.07, 6.45) is 16.3. The third-order valence-electron chi connectivity index (χ3n) is 18.6. The van der Waals surface area contributed by atoms with E-state index in [0.717, 1.165) is 90.4 Å². The molecule has 3 aromatic carbocycles. The van der Waals surface area contributed by atoms with Gasteiger partial charge in [0.25, 0.3) is 0 Å². The van der Waals surface area contributed by atoms with Crippen molar-refractivity contribution in [2.75, 3.05) is 70.5 Å². The van der Waals surface area contributed by atoms with Crippen molar-refractivity contribution in [3.8, 4) is 29.6 Å². The number of pyridine rings is 1. The van der Waals surface area contributed by atoms with Gasteiger partial charge in [0.15, 0.2) is 5.82 Å². The molecule has 0 radical (unpaired) electrons. The number of carbonyl (C=O) groups excluding carboxylic acids is 3. The molecule has 2 bridgehead atoms. The number of imidazole rings is 1. The molecule has 13 rings (SSSR count). The topological polar surface area (TPSA) is 172 Å². The smallest absolute Gasteiger partial charge is 0.409 e. The molecule has 3 aromatic heterocycles. The van der Waals surface area contributed by atoms with Crippen molar-refractivity contribution in [1.82, 2.24) is 49.4 Å². The Morgan fingerprint density at radius 1 is 0.886 bits per heavy atom. The average Bonchev–Trinajstić information content (AvgIpc) is 4.21. The van der Waals surface area contributed by atoms with Crippen molar-refractivity contribution in [2.45, 2.75) is 113 Å². The first-order valence-corrected chi connectivity index (χ1v) is 28.2. The van der Waals surface area contributed by atoms with Crippen LogP contribution in [-0.2, 0) is 21.4 Å². The van der Waals surface area contributed by atoms with Gasteiger partial charge in [0.05, 0.1) is 27.5 Å². The fourth-order valence-electron chi connectivity index (χ4n) is 14.5. The summed E-state index contributed by atoms with van der Waals surface area (Å²) in [4.78, 5) is 74.7. The molecule has 17 nitrogen and oxygen atoms in total. The second-order valence-electron chi connectivity index (χ2n) is 23.2. The van der Waals surface area contributed by atoms with E-state index in [0.29, 0.717) is 76.2 Å². The molecule has 20 heteroatoms. The van der Waals surface area contributed by atoms with Crippen molar-refractivity contribution >= 4 is 56.4 Å². The Morgan fingerprint density at radius 3 is 2.46 bits per heavy atom. The summed E-state index contributed by atoms with van der Waals surface area (Å²) in [6, 6.07) is 11.1. The van der Waals surface area contributed by atoms with Gasteiger partial charge in [0, 0.05) is 87.5 Å². The first kappa shape index (κ1) is 51.4. The van der Waals surface area contributed by atoms with Gasteiger partial charge in [0.2, 0.25) is 11.8 Å². The average molecular weight is 1080 g/mol. The summed E-state index contributed by atoms with van der Waals surface area (Å²) in [5.74, 6) is 0.855. The van der Waals surface area contributed by atoms with E-state index >= 15 is 13.2 Å². The van der Waals surface area contributed by atoms with Gasteiger partial charge in [-0.1, -0.05) is 30.2 Å². The van der Waals surface area contributed by atoms with Gasteiger partial charge in [0.1, 0.15) is 47.9 Å². The summed E-state index contributed by atoms with van der Waals surface area (Å²) >= 11 is 0. The summed E-state index contributed by atoms with van der Waals surface area (Å²) in [6.45, 7) is 6.52. The van der Waals surface area contributed by atoms with Crippen molar-refractivity contribution in [3.63, 3.8) is 0 Å². The highest BCUT2D eigenvalue weighted by Crippen LogP contribution is 2.44. The zero-order chi connectivity index (χ0) is 54.3. The van der Waals surface area contributed by atoms with Gasteiger partial charge < -0.3 is 29.5 Å². The molecule has 7 saturated heterocycles. The van der Waals surface area contributed by atoms with E-state index < -0.39 is 35.1 Å². The maximum absolute atomic E-state index is 17.2. The van der Waals surface area contributed by atoms with Crippen molar-refractivity contribution in [2.24, 2.45) is 13.0 Å².